The molecule has 0 unspecified atom stereocenters. The van der Waals surface area contributed by atoms with E-state index in [1.165, 1.54) is 17.8 Å². The van der Waals surface area contributed by atoms with Gasteiger partial charge < -0.3 is 24.1 Å². The van der Waals surface area contributed by atoms with Crippen molar-refractivity contribution in [3.63, 3.8) is 0 Å². The van der Waals surface area contributed by atoms with Crippen molar-refractivity contribution in [3.8, 4) is 0 Å². The molecular weight excluding hydrogens is 523 g/mol. The number of rotatable bonds is 7. The molecule has 0 saturated carbocycles. The molecule has 2 aliphatic heterocycles. The predicted octanol–water partition coefficient (Wildman–Crippen LogP) is 6.16. The highest BCUT2D eigenvalue weighted by molar-refractivity contribution is 14.1. The standard InChI is InChI=1S/C12H24O3.C7H12O3.C5H11I.CH4/c1-6-9(2)7-12(5,13)10-8-14-11(3,4)15-10;1-5(8)6-4-9-7(2,3)10-6;1-3-5(2)4-6;/h9-10,13H,6-8H2,1-5H3;6H,4H2,1-3H3;5H,3-4H2,1-2H3;1H4/t9-,10+,12+;6-;5-;/m010./s1. The number of halogens is 1. The number of ether oxygens (including phenoxy) is 4. The Morgan fingerprint density at radius 2 is 1.50 bits per heavy atom. The van der Waals surface area contributed by atoms with Gasteiger partial charge in [-0.3, -0.25) is 4.79 Å². The molecule has 0 aromatic heterocycles. The average molecular weight is 575 g/mol. The van der Waals surface area contributed by atoms with Gasteiger partial charge in [0.25, 0.3) is 0 Å². The molecule has 32 heavy (non-hydrogen) atoms. The molecule has 2 fully saturated rings. The van der Waals surface area contributed by atoms with E-state index in [4.69, 9.17) is 18.9 Å². The van der Waals surface area contributed by atoms with Crippen molar-refractivity contribution in [2.45, 2.75) is 125 Å². The molecule has 0 bridgehead atoms. The van der Waals surface area contributed by atoms with E-state index < -0.39 is 17.2 Å². The fourth-order valence-corrected chi connectivity index (χ4v) is 3.59. The molecule has 5 atom stereocenters. The Bertz CT molecular complexity index is 517. The van der Waals surface area contributed by atoms with E-state index in [-0.39, 0.29) is 25.4 Å². The molecule has 0 aliphatic carbocycles. The molecule has 194 valence electrons. The second-order valence-corrected chi connectivity index (χ2v) is 10.9. The lowest BCUT2D eigenvalue weighted by Gasteiger charge is -2.31. The largest absolute Gasteiger partial charge is 0.387 e. The van der Waals surface area contributed by atoms with Crippen LogP contribution >= 0.6 is 22.6 Å². The quantitative estimate of drug-likeness (QED) is 0.290. The first-order valence-corrected chi connectivity index (χ1v) is 13.0. The van der Waals surface area contributed by atoms with Crippen molar-refractivity contribution >= 4 is 28.4 Å². The van der Waals surface area contributed by atoms with Gasteiger partial charge >= 0.3 is 0 Å². The van der Waals surface area contributed by atoms with Gasteiger partial charge in [0, 0.05) is 4.43 Å². The molecular formula is C25H51IO6. The SMILES string of the molecule is C.CC(=O)[C@H]1COC(C)(C)O1.CC[C@H](C)CI.CC[C@H](C)C[C@@](C)(O)[C@H]1COC(C)(C)O1. The van der Waals surface area contributed by atoms with Crippen molar-refractivity contribution in [1.29, 1.82) is 0 Å². The highest BCUT2D eigenvalue weighted by Crippen LogP contribution is 2.32. The zero-order chi connectivity index (χ0) is 24.5. The maximum absolute atomic E-state index is 10.7. The normalized spacial score (nSPS) is 26.9. The van der Waals surface area contributed by atoms with E-state index in [1.807, 2.05) is 20.8 Å². The summed E-state index contributed by atoms with van der Waals surface area (Å²) in [5.41, 5.74) is -0.788. The fraction of sp³-hybridized carbons (Fsp3) is 0.960. The van der Waals surface area contributed by atoms with Crippen LogP contribution in [-0.2, 0) is 23.7 Å². The molecule has 6 nitrogen and oxygen atoms in total. The number of alkyl halides is 1. The van der Waals surface area contributed by atoms with Gasteiger partial charge in [0.1, 0.15) is 12.2 Å². The summed E-state index contributed by atoms with van der Waals surface area (Å²) < 4.78 is 22.9. The Morgan fingerprint density at radius 3 is 1.75 bits per heavy atom. The second kappa shape index (κ2) is 15.2. The van der Waals surface area contributed by atoms with Crippen molar-refractivity contribution in [1.82, 2.24) is 0 Å². The highest BCUT2D eigenvalue weighted by atomic mass is 127. The van der Waals surface area contributed by atoms with Crippen LogP contribution in [-0.4, -0.2) is 57.9 Å². The molecule has 2 heterocycles. The molecule has 0 aromatic rings. The van der Waals surface area contributed by atoms with Crippen LogP contribution in [0.5, 0.6) is 0 Å². The Kier molecular flexibility index (Phi) is 16.4. The van der Waals surface area contributed by atoms with Crippen LogP contribution < -0.4 is 0 Å². The van der Waals surface area contributed by atoms with E-state index in [2.05, 4.69) is 50.3 Å². The minimum absolute atomic E-state index is 0. The van der Waals surface area contributed by atoms with E-state index >= 15 is 0 Å². The maximum atomic E-state index is 10.7. The lowest BCUT2D eigenvalue weighted by molar-refractivity contribution is -0.169. The van der Waals surface area contributed by atoms with Gasteiger partial charge in [-0.05, 0) is 59.8 Å². The van der Waals surface area contributed by atoms with Crippen LogP contribution in [0.4, 0.5) is 0 Å². The number of hydrogen-bond donors (Lipinski definition) is 1. The molecule has 0 spiro atoms. The van der Waals surface area contributed by atoms with Gasteiger partial charge in [0.2, 0.25) is 0 Å². The summed E-state index contributed by atoms with van der Waals surface area (Å²) in [5.74, 6) is 0.337. The molecule has 0 aromatic carbocycles. The van der Waals surface area contributed by atoms with Crippen LogP contribution in [0.3, 0.4) is 0 Å². The molecule has 1 N–H and O–H groups in total. The third-order valence-electron chi connectivity index (χ3n) is 5.58. The first-order valence-electron chi connectivity index (χ1n) is 11.5. The first kappa shape index (κ1) is 34.4. The molecule has 7 heteroatoms. The second-order valence-electron chi connectivity index (χ2n) is 9.99. The summed E-state index contributed by atoms with van der Waals surface area (Å²) in [7, 11) is 0. The Morgan fingerprint density at radius 1 is 1.03 bits per heavy atom. The Balaban J connectivity index is 0. The summed E-state index contributed by atoms with van der Waals surface area (Å²) in [6.07, 6.45) is 2.60. The summed E-state index contributed by atoms with van der Waals surface area (Å²) in [5, 5.41) is 10.3. The maximum Gasteiger partial charge on any atom is 0.163 e. The minimum Gasteiger partial charge on any atom is -0.387 e. The Labute approximate surface area is 211 Å². The van der Waals surface area contributed by atoms with Crippen LogP contribution in [0.15, 0.2) is 0 Å². The lowest BCUT2D eigenvalue weighted by Crippen LogP contribution is -2.43. The molecule has 2 saturated heterocycles. The number of hydrogen-bond acceptors (Lipinski definition) is 6. The smallest absolute Gasteiger partial charge is 0.163 e. The van der Waals surface area contributed by atoms with Crippen molar-refractivity contribution < 1.29 is 28.8 Å². The van der Waals surface area contributed by atoms with Gasteiger partial charge in [-0.15, -0.1) is 0 Å². The van der Waals surface area contributed by atoms with Crippen molar-refractivity contribution in [2.24, 2.45) is 11.8 Å². The van der Waals surface area contributed by atoms with E-state index in [9.17, 15) is 9.90 Å². The summed E-state index contributed by atoms with van der Waals surface area (Å²) >= 11 is 2.41. The van der Waals surface area contributed by atoms with Gasteiger partial charge in [0.15, 0.2) is 17.4 Å². The zero-order valence-corrected chi connectivity index (χ0v) is 23.6. The van der Waals surface area contributed by atoms with E-state index in [1.54, 1.807) is 13.8 Å². The van der Waals surface area contributed by atoms with Crippen molar-refractivity contribution in [3.05, 3.63) is 0 Å². The van der Waals surface area contributed by atoms with Crippen LogP contribution in [0, 0.1) is 11.8 Å². The number of carbonyl (C=O) groups excluding carboxylic acids is 1. The summed E-state index contributed by atoms with van der Waals surface area (Å²) in [6.45, 7) is 20.4. The van der Waals surface area contributed by atoms with Crippen LogP contribution in [0.1, 0.15) is 95.9 Å². The Hall–Kier alpha value is 0.200. The monoisotopic (exact) mass is 574 g/mol. The molecule has 2 rings (SSSR count). The first-order chi connectivity index (χ1) is 14.1. The van der Waals surface area contributed by atoms with Gasteiger partial charge in [0.05, 0.1) is 18.8 Å². The van der Waals surface area contributed by atoms with Crippen molar-refractivity contribution in [2.75, 3.05) is 17.6 Å². The summed E-state index contributed by atoms with van der Waals surface area (Å²) in [4.78, 5) is 10.7. The highest BCUT2D eigenvalue weighted by Gasteiger charge is 2.43. The van der Waals surface area contributed by atoms with E-state index in [0.29, 0.717) is 19.1 Å². The number of carbonyl (C=O) groups is 1. The third kappa shape index (κ3) is 13.8. The van der Waals surface area contributed by atoms with Gasteiger partial charge in [-0.2, -0.15) is 0 Å². The average Bonchev–Trinajstić information content (AvgIpc) is 3.23. The predicted molar refractivity (Wildman–Crippen MR) is 140 cm³/mol. The number of ketones is 1. The fourth-order valence-electron chi connectivity index (χ4n) is 2.97. The van der Waals surface area contributed by atoms with E-state index in [0.717, 1.165) is 18.8 Å². The van der Waals surface area contributed by atoms with Crippen LogP contribution in [0.25, 0.3) is 0 Å². The number of aliphatic hydroxyl groups is 1. The van der Waals surface area contributed by atoms with Gasteiger partial charge in [-0.25, -0.2) is 0 Å². The molecule has 0 radical (unpaired) electrons. The van der Waals surface area contributed by atoms with Crippen LogP contribution in [0.2, 0.25) is 0 Å². The topological polar surface area (TPSA) is 74.2 Å². The van der Waals surface area contributed by atoms with Gasteiger partial charge in [-0.1, -0.05) is 70.6 Å². The lowest BCUT2D eigenvalue weighted by atomic mass is 9.87. The summed E-state index contributed by atoms with van der Waals surface area (Å²) in [6, 6.07) is 0. The minimum atomic E-state index is -0.788. The molecule has 2 aliphatic rings. The molecule has 0 amide bonds. The number of Topliss-reactive ketones (excluding diaryl/α,β-unsaturated/α-hetero) is 1. The third-order valence-corrected chi connectivity index (χ3v) is 7.09. The zero-order valence-electron chi connectivity index (χ0n) is 21.4.